The Balaban J connectivity index is 2.06. The van der Waals surface area contributed by atoms with Gasteiger partial charge in [-0.25, -0.2) is 8.42 Å². The van der Waals surface area contributed by atoms with Crippen molar-refractivity contribution < 1.29 is 17.7 Å². The van der Waals surface area contributed by atoms with Gasteiger partial charge >= 0.3 is 0 Å². The van der Waals surface area contributed by atoms with Crippen LogP contribution in [0.4, 0.5) is 0 Å². The van der Waals surface area contributed by atoms with Crippen molar-refractivity contribution in [2.75, 3.05) is 7.11 Å². The maximum absolute atomic E-state index is 13.2. The lowest BCUT2D eigenvalue weighted by molar-refractivity contribution is 0.393. The van der Waals surface area contributed by atoms with Crippen LogP contribution >= 0.6 is 15.9 Å². The average Bonchev–Trinajstić information content (AvgIpc) is 2.93. The van der Waals surface area contributed by atoms with Crippen molar-refractivity contribution in [3.8, 4) is 5.75 Å². The summed E-state index contributed by atoms with van der Waals surface area (Å²) in [7, 11) is -2.08. The maximum atomic E-state index is 13.2. The quantitative estimate of drug-likeness (QED) is 0.722. The number of benzene rings is 1. The molecule has 0 saturated carbocycles. The number of rotatable bonds is 4. The van der Waals surface area contributed by atoms with Gasteiger partial charge in [0.15, 0.2) is 9.84 Å². The van der Waals surface area contributed by atoms with Gasteiger partial charge in [-0.2, -0.15) is 0 Å². The van der Waals surface area contributed by atoms with Crippen molar-refractivity contribution in [2.45, 2.75) is 43.3 Å². The van der Waals surface area contributed by atoms with Gasteiger partial charge in [0.1, 0.15) is 16.4 Å². The van der Waals surface area contributed by atoms with Crippen LogP contribution in [-0.4, -0.2) is 25.9 Å². The third-order valence-corrected chi connectivity index (χ3v) is 7.10. The number of ether oxygens (including phenoxy) is 1. The van der Waals surface area contributed by atoms with Gasteiger partial charge in [-0.15, -0.1) is 0 Å². The molecule has 0 radical (unpaired) electrons. The fourth-order valence-corrected chi connectivity index (χ4v) is 5.70. The molecular formula is C18H20BrNO4S. The summed E-state index contributed by atoms with van der Waals surface area (Å²) in [5, 5.41) is 3.39. The molecule has 7 heteroatoms. The number of sulfone groups is 1. The van der Waals surface area contributed by atoms with Crippen LogP contribution in [0.1, 0.15) is 36.3 Å². The molecule has 0 spiro atoms. The normalized spacial score (nSPS) is 18.1. The van der Waals surface area contributed by atoms with E-state index in [4.69, 9.17) is 9.26 Å². The highest BCUT2D eigenvalue weighted by molar-refractivity contribution is 9.10. The summed E-state index contributed by atoms with van der Waals surface area (Å²) in [6.07, 6.45) is 4.07. The van der Waals surface area contributed by atoms with E-state index in [1.165, 1.54) is 7.11 Å². The molecule has 1 aliphatic carbocycles. The predicted octanol–water partition coefficient (Wildman–Crippen LogP) is 4.47. The maximum Gasteiger partial charge on any atom is 0.188 e. The van der Waals surface area contributed by atoms with E-state index in [1.807, 2.05) is 19.9 Å². The summed E-state index contributed by atoms with van der Waals surface area (Å²) in [6.45, 7) is 3.73. The Morgan fingerprint density at radius 2 is 2.08 bits per heavy atom. The van der Waals surface area contributed by atoms with Crippen LogP contribution in [0.15, 0.2) is 38.2 Å². The average molecular weight is 426 g/mol. The smallest absolute Gasteiger partial charge is 0.188 e. The molecule has 1 aromatic heterocycles. The Morgan fingerprint density at radius 3 is 2.72 bits per heavy atom. The zero-order chi connectivity index (χ0) is 18.2. The summed E-state index contributed by atoms with van der Waals surface area (Å²) < 4.78 is 37.7. The monoisotopic (exact) mass is 425 g/mol. The van der Waals surface area contributed by atoms with Gasteiger partial charge in [0.25, 0.3) is 0 Å². The van der Waals surface area contributed by atoms with Crippen molar-refractivity contribution in [3.05, 3.63) is 45.8 Å². The molecule has 1 aliphatic rings. The van der Waals surface area contributed by atoms with Gasteiger partial charge in [0.05, 0.1) is 18.1 Å². The Labute approximate surface area is 156 Å². The SMILES string of the molecule is COc1ccc(Br)cc1S(=O)(=O)C1C=C(c2c(C)noc2C)CCC1. The lowest BCUT2D eigenvalue weighted by Crippen LogP contribution is -2.23. The molecule has 0 aliphatic heterocycles. The summed E-state index contributed by atoms with van der Waals surface area (Å²) in [4.78, 5) is 0.214. The van der Waals surface area contributed by atoms with Gasteiger partial charge in [-0.1, -0.05) is 27.2 Å². The van der Waals surface area contributed by atoms with Crippen molar-refractivity contribution >= 4 is 31.3 Å². The number of aromatic nitrogens is 1. The van der Waals surface area contributed by atoms with E-state index in [0.717, 1.165) is 35.4 Å². The van der Waals surface area contributed by atoms with Crippen molar-refractivity contribution in [2.24, 2.45) is 0 Å². The van der Waals surface area contributed by atoms with Crippen LogP contribution < -0.4 is 4.74 Å². The second kappa shape index (κ2) is 6.96. The van der Waals surface area contributed by atoms with Gasteiger partial charge in [-0.05, 0) is 56.9 Å². The molecule has 1 atom stereocenters. The summed E-state index contributed by atoms with van der Waals surface area (Å²) in [5.74, 6) is 1.09. The molecule has 2 aromatic rings. The molecule has 0 N–H and O–H groups in total. The molecule has 0 fully saturated rings. The number of halogens is 1. The van der Waals surface area contributed by atoms with E-state index >= 15 is 0 Å². The fraction of sp³-hybridized carbons (Fsp3) is 0.389. The Kier molecular flexibility index (Phi) is 5.06. The Hall–Kier alpha value is -1.60. The minimum Gasteiger partial charge on any atom is -0.495 e. The summed E-state index contributed by atoms with van der Waals surface area (Å²) in [5.41, 5.74) is 2.72. The van der Waals surface area contributed by atoms with Gasteiger partial charge < -0.3 is 9.26 Å². The molecule has 25 heavy (non-hydrogen) atoms. The van der Waals surface area contributed by atoms with Crippen LogP contribution in [0.25, 0.3) is 5.57 Å². The molecule has 0 amide bonds. The van der Waals surface area contributed by atoms with E-state index in [1.54, 1.807) is 18.2 Å². The molecular weight excluding hydrogens is 406 g/mol. The number of methoxy groups -OCH3 is 1. The molecule has 3 rings (SSSR count). The van der Waals surface area contributed by atoms with E-state index in [2.05, 4.69) is 21.1 Å². The molecule has 134 valence electrons. The first-order chi connectivity index (χ1) is 11.8. The van der Waals surface area contributed by atoms with E-state index in [9.17, 15) is 8.42 Å². The zero-order valence-corrected chi connectivity index (χ0v) is 16.8. The first-order valence-corrected chi connectivity index (χ1v) is 10.4. The predicted molar refractivity (Wildman–Crippen MR) is 99.5 cm³/mol. The molecule has 5 nitrogen and oxygen atoms in total. The third kappa shape index (κ3) is 3.40. The van der Waals surface area contributed by atoms with Gasteiger partial charge in [-0.3, -0.25) is 0 Å². The standard InChI is InChI=1S/C18H20BrNO4S/c1-11-18(12(2)24-20-11)13-5-4-6-15(9-13)25(21,22)17-10-14(19)7-8-16(17)23-3/h7-10,15H,4-6H2,1-3H3. The Bertz CT molecular complexity index is 911. The topological polar surface area (TPSA) is 69.4 Å². The van der Waals surface area contributed by atoms with E-state index in [0.29, 0.717) is 16.6 Å². The van der Waals surface area contributed by atoms with E-state index in [-0.39, 0.29) is 4.90 Å². The number of aryl methyl sites for hydroxylation is 2. The molecule has 1 heterocycles. The number of hydrogen-bond acceptors (Lipinski definition) is 5. The first kappa shape index (κ1) is 18.2. The van der Waals surface area contributed by atoms with Gasteiger partial charge in [0, 0.05) is 10.0 Å². The Morgan fingerprint density at radius 1 is 1.32 bits per heavy atom. The highest BCUT2D eigenvalue weighted by Crippen LogP contribution is 2.37. The minimum absolute atomic E-state index is 0.214. The van der Waals surface area contributed by atoms with Gasteiger partial charge in [0.2, 0.25) is 0 Å². The second-order valence-electron chi connectivity index (χ2n) is 6.16. The third-order valence-electron chi connectivity index (χ3n) is 4.51. The second-order valence-corrected chi connectivity index (χ2v) is 9.21. The molecule has 1 aromatic carbocycles. The van der Waals surface area contributed by atoms with Crippen molar-refractivity contribution in [3.63, 3.8) is 0 Å². The van der Waals surface area contributed by atoms with Crippen LogP contribution in [-0.2, 0) is 9.84 Å². The molecule has 0 bridgehead atoms. The lowest BCUT2D eigenvalue weighted by Gasteiger charge is -2.22. The van der Waals surface area contributed by atoms with Crippen LogP contribution in [0.5, 0.6) is 5.75 Å². The van der Waals surface area contributed by atoms with E-state index < -0.39 is 15.1 Å². The van der Waals surface area contributed by atoms with Crippen LogP contribution in [0, 0.1) is 13.8 Å². The zero-order valence-electron chi connectivity index (χ0n) is 14.4. The minimum atomic E-state index is -3.56. The summed E-state index contributed by atoms with van der Waals surface area (Å²) >= 11 is 3.35. The lowest BCUT2D eigenvalue weighted by atomic mass is 9.92. The van der Waals surface area contributed by atoms with Crippen LogP contribution in [0.3, 0.4) is 0 Å². The van der Waals surface area contributed by atoms with Crippen molar-refractivity contribution in [1.82, 2.24) is 5.16 Å². The number of allylic oxidation sites excluding steroid dienone is 1. The summed E-state index contributed by atoms with van der Waals surface area (Å²) in [6, 6.07) is 5.04. The van der Waals surface area contributed by atoms with Crippen LogP contribution in [0.2, 0.25) is 0 Å². The fourth-order valence-electron chi connectivity index (χ4n) is 3.32. The van der Waals surface area contributed by atoms with Crippen molar-refractivity contribution in [1.29, 1.82) is 0 Å². The molecule has 0 saturated heterocycles. The number of nitrogens with zero attached hydrogens (tertiary/aromatic N) is 1. The molecule has 1 unspecified atom stereocenters. The number of hydrogen-bond donors (Lipinski definition) is 0. The highest BCUT2D eigenvalue weighted by Gasteiger charge is 2.32. The first-order valence-electron chi connectivity index (χ1n) is 8.06. The highest BCUT2D eigenvalue weighted by atomic mass is 79.9. The largest absolute Gasteiger partial charge is 0.495 e.